The first kappa shape index (κ1) is 22.9. The highest BCUT2D eigenvalue weighted by molar-refractivity contribution is 6.04. The van der Waals surface area contributed by atoms with Gasteiger partial charge >= 0.3 is 6.03 Å². The minimum absolute atomic E-state index is 0.157. The third-order valence-corrected chi connectivity index (χ3v) is 4.23. The summed E-state index contributed by atoms with van der Waals surface area (Å²) in [6, 6.07) is 13.8. The Labute approximate surface area is 177 Å². The Balaban J connectivity index is 1.94. The van der Waals surface area contributed by atoms with E-state index in [4.69, 9.17) is 0 Å². The van der Waals surface area contributed by atoms with Gasteiger partial charge in [0.05, 0.1) is 17.7 Å². The summed E-state index contributed by atoms with van der Waals surface area (Å²) in [7, 11) is 0. The van der Waals surface area contributed by atoms with Gasteiger partial charge in [0.2, 0.25) is 5.91 Å². The molecular weight excluding hydrogens is 380 g/mol. The van der Waals surface area contributed by atoms with Crippen molar-refractivity contribution in [2.45, 2.75) is 33.6 Å². The quantitative estimate of drug-likeness (QED) is 0.506. The van der Waals surface area contributed by atoms with Crippen LogP contribution in [0.3, 0.4) is 0 Å². The number of amides is 4. The standard InChI is InChI=1S/C23H30N4O3/c1-4-13-24-23(30)26-18-11-9-17(10-12-18)14-21(28)27-20-8-6-5-7-19(20)22(29)25-15-16(2)3/h5-12,16H,4,13-15H2,1-3H3,(H,25,29)(H,27,28)(H2,24,26,30). The Hall–Kier alpha value is -3.35. The Morgan fingerprint density at radius 2 is 1.60 bits per heavy atom. The topological polar surface area (TPSA) is 99.3 Å². The molecule has 160 valence electrons. The van der Waals surface area contributed by atoms with Gasteiger partial charge in [-0.2, -0.15) is 0 Å². The van der Waals surface area contributed by atoms with E-state index in [1.54, 1.807) is 48.5 Å². The van der Waals surface area contributed by atoms with Crippen LogP contribution in [0.2, 0.25) is 0 Å². The Morgan fingerprint density at radius 3 is 2.27 bits per heavy atom. The number of hydrogen-bond donors (Lipinski definition) is 4. The summed E-state index contributed by atoms with van der Waals surface area (Å²) in [6.07, 6.45) is 1.02. The maximum atomic E-state index is 12.5. The van der Waals surface area contributed by atoms with E-state index >= 15 is 0 Å². The van der Waals surface area contributed by atoms with Crippen LogP contribution < -0.4 is 21.3 Å². The van der Waals surface area contributed by atoms with Gasteiger partial charge in [0.25, 0.3) is 5.91 Å². The van der Waals surface area contributed by atoms with E-state index in [1.165, 1.54) is 0 Å². The lowest BCUT2D eigenvalue weighted by molar-refractivity contribution is -0.115. The maximum Gasteiger partial charge on any atom is 0.319 e. The smallest absolute Gasteiger partial charge is 0.319 e. The molecule has 4 amide bonds. The van der Waals surface area contributed by atoms with E-state index in [1.807, 2.05) is 20.8 Å². The average molecular weight is 411 g/mol. The molecule has 2 aromatic rings. The minimum Gasteiger partial charge on any atom is -0.352 e. The van der Waals surface area contributed by atoms with Crippen LogP contribution in [0.15, 0.2) is 48.5 Å². The Kier molecular flexibility index (Phi) is 8.87. The lowest BCUT2D eigenvalue weighted by Crippen LogP contribution is -2.29. The average Bonchev–Trinajstić information content (AvgIpc) is 2.72. The first-order chi connectivity index (χ1) is 14.4. The van der Waals surface area contributed by atoms with Gasteiger partial charge in [0.15, 0.2) is 0 Å². The third-order valence-electron chi connectivity index (χ3n) is 4.23. The van der Waals surface area contributed by atoms with Gasteiger partial charge in [-0.3, -0.25) is 9.59 Å². The molecule has 0 aliphatic heterocycles. The Morgan fingerprint density at radius 1 is 0.900 bits per heavy atom. The molecule has 0 unspecified atom stereocenters. The SMILES string of the molecule is CCCNC(=O)Nc1ccc(CC(=O)Nc2ccccc2C(=O)NCC(C)C)cc1. The number of benzene rings is 2. The number of carbonyl (C=O) groups is 3. The molecule has 30 heavy (non-hydrogen) atoms. The van der Waals surface area contributed by atoms with Crippen LogP contribution >= 0.6 is 0 Å². The van der Waals surface area contributed by atoms with Gasteiger partial charge < -0.3 is 21.3 Å². The summed E-state index contributed by atoms with van der Waals surface area (Å²) in [6.45, 7) is 7.20. The molecule has 2 aromatic carbocycles. The second-order valence-electron chi connectivity index (χ2n) is 7.45. The minimum atomic E-state index is -0.255. The summed E-state index contributed by atoms with van der Waals surface area (Å²) in [4.78, 5) is 36.6. The first-order valence-corrected chi connectivity index (χ1v) is 10.2. The van der Waals surface area contributed by atoms with Crippen LogP contribution in [0, 0.1) is 5.92 Å². The van der Waals surface area contributed by atoms with Crippen molar-refractivity contribution in [1.82, 2.24) is 10.6 Å². The lowest BCUT2D eigenvalue weighted by atomic mass is 10.1. The first-order valence-electron chi connectivity index (χ1n) is 10.2. The van der Waals surface area contributed by atoms with E-state index < -0.39 is 0 Å². The molecule has 0 aliphatic carbocycles. The summed E-state index contributed by atoms with van der Waals surface area (Å²) >= 11 is 0. The van der Waals surface area contributed by atoms with Gasteiger partial charge in [0, 0.05) is 18.8 Å². The second-order valence-corrected chi connectivity index (χ2v) is 7.45. The lowest BCUT2D eigenvalue weighted by Gasteiger charge is -2.13. The maximum absolute atomic E-state index is 12.5. The molecule has 0 heterocycles. The fraction of sp³-hybridized carbons (Fsp3) is 0.348. The van der Waals surface area contributed by atoms with Crippen molar-refractivity contribution in [2.75, 3.05) is 23.7 Å². The fourth-order valence-electron chi connectivity index (χ4n) is 2.68. The highest BCUT2D eigenvalue weighted by atomic mass is 16.2. The molecule has 0 spiro atoms. The largest absolute Gasteiger partial charge is 0.352 e. The number of rotatable bonds is 9. The van der Waals surface area contributed by atoms with Crippen LogP contribution in [0.25, 0.3) is 0 Å². The predicted molar refractivity (Wildman–Crippen MR) is 120 cm³/mol. The molecule has 0 aliphatic rings. The number of carbonyl (C=O) groups excluding carboxylic acids is 3. The summed E-state index contributed by atoms with van der Waals surface area (Å²) in [5, 5.41) is 11.2. The van der Waals surface area contributed by atoms with Crippen molar-refractivity contribution in [2.24, 2.45) is 5.92 Å². The van der Waals surface area contributed by atoms with Gasteiger partial charge in [-0.25, -0.2) is 4.79 Å². The fourth-order valence-corrected chi connectivity index (χ4v) is 2.68. The summed E-state index contributed by atoms with van der Waals surface area (Å²) in [5.74, 6) is -0.0947. The van der Waals surface area contributed by atoms with Crippen LogP contribution in [0.5, 0.6) is 0 Å². The van der Waals surface area contributed by atoms with Crippen molar-refractivity contribution in [3.8, 4) is 0 Å². The predicted octanol–water partition coefficient (Wildman–Crippen LogP) is 3.79. The van der Waals surface area contributed by atoms with E-state index in [-0.39, 0.29) is 24.3 Å². The van der Waals surface area contributed by atoms with E-state index in [9.17, 15) is 14.4 Å². The van der Waals surface area contributed by atoms with Crippen LogP contribution in [0.1, 0.15) is 43.1 Å². The second kappa shape index (κ2) is 11.6. The van der Waals surface area contributed by atoms with E-state index in [0.29, 0.717) is 35.9 Å². The van der Waals surface area contributed by atoms with Crippen molar-refractivity contribution in [1.29, 1.82) is 0 Å². The van der Waals surface area contributed by atoms with Crippen LogP contribution in [-0.4, -0.2) is 30.9 Å². The molecule has 0 fully saturated rings. The van der Waals surface area contributed by atoms with Crippen LogP contribution in [0.4, 0.5) is 16.2 Å². The zero-order valence-corrected chi connectivity index (χ0v) is 17.7. The molecule has 0 aromatic heterocycles. The third kappa shape index (κ3) is 7.58. The monoisotopic (exact) mass is 410 g/mol. The van der Waals surface area contributed by atoms with Crippen molar-refractivity contribution >= 4 is 29.2 Å². The molecule has 0 atom stereocenters. The molecule has 7 heteroatoms. The Bertz CT molecular complexity index is 863. The molecule has 0 saturated carbocycles. The zero-order valence-electron chi connectivity index (χ0n) is 17.7. The number of hydrogen-bond acceptors (Lipinski definition) is 3. The summed E-state index contributed by atoms with van der Waals surface area (Å²) in [5.41, 5.74) is 2.37. The molecule has 4 N–H and O–H groups in total. The normalized spacial score (nSPS) is 10.4. The van der Waals surface area contributed by atoms with Gasteiger partial charge in [-0.05, 0) is 42.2 Å². The van der Waals surface area contributed by atoms with E-state index in [2.05, 4.69) is 21.3 Å². The highest BCUT2D eigenvalue weighted by Gasteiger charge is 2.13. The number of para-hydroxylation sites is 1. The molecule has 0 radical (unpaired) electrons. The molecular formula is C23H30N4O3. The molecule has 0 bridgehead atoms. The van der Waals surface area contributed by atoms with Crippen molar-refractivity contribution in [3.05, 3.63) is 59.7 Å². The van der Waals surface area contributed by atoms with Crippen molar-refractivity contribution < 1.29 is 14.4 Å². The van der Waals surface area contributed by atoms with Crippen molar-refractivity contribution in [3.63, 3.8) is 0 Å². The number of nitrogens with one attached hydrogen (secondary N) is 4. The van der Waals surface area contributed by atoms with Gasteiger partial charge in [0.1, 0.15) is 0 Å². The molecule has 7 nitrogen and oxygen atoms in total. The van der Waals surface area contributed by atoms with E-state index in [0.717, 1.165) is 12.0 Å². The molecule has 0 saturated heterocycles. The zero-order chi connectivity index (χ0) is 21.9. The van der Waals surface area contributed by atoms with Crippen LogP contribution in [-0.2, 0) is 11.2 Å². The number of urea groups is 1. The van der Waals surface area contributed by atoms with Gasteiger partial charge in [-0.15, -0.1) is 0 Å². The highest BCUT2D eigenvalue weighted by Crippen LogP contribution is 2.16. The molecule has 2 rings (SSSR count). The number of anilines is 2. The van der Waals surface area contributed by atoms with Gasteiger partial charge in [-0.1, -0.05) is 45.0 Å². The summed E-state index contributed by atoms with van der Waals surface area (Å²) < 4.78 is 0.